The van der Waals surface area contributed by atoms with Crippen molar-refractivity contribution in [1.82, 2.24) is 5.32 Å². The molecule has 0 aromatic heterocycles. The minimum Gasteiger partial charge on any atom is -0.393 e. The van der Waals surface area contributed by atoms with Gasteiger partial charge in [0.05, 0.1) is 37.9 Å². The lowest BCUT2D eigenvalue weighted by Crippen LogP contribution is -2.46. The molecule has 0 fully saturated rings. The molecule has 0 aromatic rings. The Morgan fingerprint density at radius 1 is 0.739 bits per heavy atom. The number of phosphoric ester groups is 1. The number of aliphatic hydroxyl groups is 2. The molecule has 1 amide bonds. The maximum atomic E-state index is 12.7. The summed E-state index contributed by atoms with van der Waals surface area (Å²) in [6, 6.07) is -1.00. The number of rotatable bonds is 33. The van der Waals surface area contributed by atoms with E-state index in [1.54, 1.807) is 6.08 Å². The molecular weight excluding hydrogens is 603 g/mol. The van der Waals surface area contributed by atoms with Crippen molar-refractivity contribution in [3.63, 3.8) is 0 Å². The molecular formula is C36H69N2O7P. The molecule has 0 aliphatic rings. The molecule has 4 unspecified atom stereocenters. The minimum atomic E-state index is -4.40. The van der Waals surface area contributed by atoms with E-state index in [-0.39, 0.29) is 19.6 Å². The highest BCUT2D eigenvalue weighted by atomic mass is 31.2. The van der Waals surface area contributed by atoms with Crippen molar-refractivity contribution in [2.45, 2.75) is 167 Å². The highest BCUT2D eigenvalue weighted by Gasteiger charge is 2.27. The molecule has 0 saturated carbocycles. The molecule has 0 aromatic carbocycles. The lowest BCUT2D eigenvalue weighted by Gasteiger charge is -2.24. The average Bonchev–Trinajstić information content (AvgIpc) is 3.03. The van der Waals surface area contributed by atoms with Crippen molar-refractivity contribution in [1.29, 1.82) is 0 Å². The van der Waals surface area contributed by atoms with Crippen LogP contribution in [0.2, 0.25) is 0 Å². The Balaban J connectivity index is 4.57. The van der Waals surface area contributed by atoms with Gasteiger partial charge < -0.3 is 26.2 Å². The smallest absolute Gasteiger partial charge is 0.393 e. The lowest BCUT2D eigenvalue weighted by molar-refractivity contribution is -0.124. The SMILES string of the molecule is CCCCCCC/C=C/CC/C=C/CC/C=C/C(O)C(COP(=O)(O)OCCN)NC(=O)CC(O)CCCCCCCCCCC. The van der Waals surface area contributed by atoms with Crippen LogP contribution in [-0.4, -0.2) is 59.0 Å². The van der Waals surface area contributed by atoms with Crippen LogP contribution in [0.1, 0.15) is 149 Å². The standard InChI is InChI=1S/C36H69N2O7P/c1-3-5-7-9-11-13-14-15-16-17-18-20-22-24-26-28-35(40)34(32-45-46(42,43)44-30-29-37)38-36(41)31-33(39)27-25-23-21-19-12-10-8-6-4-2/h14-15,18,20,26,28,33-35,39-40H,3-13,16-17,19,21-25,27,29-32,37H2,1-2H3,(H,38,41)(H,42,43)/b15-14+,20-18+,28-26+. The molecule has 9 nitrogen and oxygen atoms in total. The van der Waals surface area contributed by atoms with Crippen LogP contribution in [0, 0.1) is 0 Å². The van der Waals surface area contributed by atoms with Crippen molar-refractivity contribution < 1.29 is 33.5 Å². The molecule has 46 heavy (non-hydrogen) atoms. The maximum Gasteiger partial charge on any atom is 0.472 e. The van der Waals surface area contributed by atoms with Gasteiger partial charge in [-0.2, -0.15) is 0 Å². The van der Waals surface area contributed by atoms with Crippen LogP contribution in [0.25, 0.3) is 0 Å². The topological polar surface area (TPSA) is 151 Å². The fraction of sp³-hybridized carbons (Fsp3) is 0.806. The Bertz CT molecular complexity index is 837. The summed E-state index contributed by atoms with van der Waals surface area (Å²) in [5.74, 6) is -0.464. The van der Waals surface area contributed by atoms with E-state index < -0.39 is 38.6 Å². The van der Waals surface area contributed by atoms with E-state index in [2.05, 4.69) is 43.5 Å². The van der Waals surface area contributed by atoms with Gasteiger partial charge in [-0.25, -0.2) is 4.57 Å². The van der Waals surface area contributed by atoms with Crippen molar-refractivity contribution >= 4 is 13.7 Å². The van der Waals surface area contributed by atoms with Gasteiger partial charge in [0.2, 0.25) is 5.91 Å². The monoisotopic (exact) mass is 672 g/mol. The molecule has 4 atom stereocenters. The molecule has 0 rings (SSSR count). The highest BCUT2D eigenvalue weighted by Crippen LogP contribution is 2.43. The third-order valence-corrected chi connectivity index (χ3v) is 8.74. The van der Waals surface area contributed by atoms with E-state index in [0.717, 1.165) is 44.9 Å². The number of amides is 1. The Hall–Kier alpha value is -1.32. The summed E-state index contributed by atoms with van der Waals surface area (Å²) in [5.41, 5.74) is 5.33. The third kappa shape index (κ3) is 30.0. The largest absolute Gasteiger partial charge is 0.472 e. The van der Waals surface area contributed by atoms with E-state index in [1.807, 2.05) is 6.08 Å². The van der Waals surface area contributed by atoms with E-state index in [1.165, 1.54) is 70.6 Å². The summed E-state index contributed by atoms with van der Waals surface area (Å²) in [7, 11) is -4.40. The molecule has 270 valence electrons. The molecule has 6 N–H and O–H groups in total. The summed E-state index contributed by atoms with van der Waals surface area (Å²) >= 11 is 0. The van der Waals surface area contributed by atoms with Crippen LogP contribution in [0.3, 0.4) is 0 Å². The maximum absolute atomic E-state index is 12.7. The summed E-state index contributed by atoms with van der Waals surface area (Å²) < 4.78 is 21.9. The van der Waals surface area contributed by atoms with Crippen LogP contribution < -0.4 is 11.1 Å². The normalized spacial score (nSPS) is 15.5. The molecule has 0 aliphatic carbocycles. The number of aliphatic hydroxyl groups excluding tert-OH is 2. The zero-order valence-electron chi connectivity index (χ0n) is 29.2. The molecule has 0 spiro atoms. The van der Waals surface area contributed by atoms with Crippen molar-refractivity contribution in [2.75, 3.05) is 19.8 Å². The summed E-state index contributed by atoms with van der Waals surface area (Å²) in [4.78, 5) is 22.6. The fourth-order valence-electron chi connectivity index (χ4n) is 4.97. The van der Waals surface area contributed by atoms with Crippen LogP contribution >= 0.6 is 7.82 Å². The summed E-state index contributed by atoms with van der Waals surface area (Å²) in [6.45, 7) is 3.87. The predicted molar refractivity (Wildman–Crippen MR) is 190 cm³/mol. The summed E-state index contributed by atoms with van der Waals surface area (Å²) in [5, 5.41) is 23.8. The Morgan fingerprint density at radius 2 is 1.24 bits per heavy atom. The number of hydrogen-bond acceptors (Lipinski definition) is 7. The predicted octanol–water partition coefficient (Wildman–Crippen LogP) is 8.19. The first-order valence-corrected chi connectivity index (χ1v) is 19.7. The van der Waals surface area contributed by atoms with E-state index in [4.69, 9.17) is 14.8 Å². The fourth-order valence-corrected chi connectivity index (χ4v) is 5.73. The lowest BCUT2D eigenvalue weighted by atomic mass is 10.0. The second kappa shape index (κ2) is 32.2. The number of phosphoric acid groups is 1. The first-order valence-electron chi connectivity index (χ1n) is 18.2. The van der Waals surface area contributed by atoms with Crippen molar-refractivity contribution in [3.8, 4) is 0 Å². The zero-order valence-corrected chi connectivity index (χ0v) is 30.1. The van der Waals surface area contributed by atoms with Crippen LogP contribution in [0.4, 0.5) is 0 Å². The van der Waals surface area contributed by atoms with Gasteiger partial charge in [-0.3, -0.25) is 13.8 Å². The van der Waals surface area contributed by atoms with Gasteiger partial charge in [0.1, 0.15) is 0 Å². The van der Waals surface area contributed by atoms with Gasteiger partial charge in [0, 0.05) is 6.54 Å². The van der Waals surface area contributed by atoms with Crippen molar-refractivity contribution in [3.05, 3.63) is 36.5 Å². The van der Waals surface area contributed by atoms with Gasteiger partial charge in [-0.1, -0.05) is 134 Å². The zero-order chi connectivity index (χ0) is 34.1. The van der Waals surface area contributed by atoms with Crippen LogP contribution in [0.15, 0.2) is 36.5 Å². The quantitative estimate of drug-likeness (QED) is 0.0266. The molecule has 0 heterocycles. The molecule has 0 radical (unpaired) electrons. The molecule has 0 bridgehead atoms. The van der Waals surface area contributed by atoms with E-state index in [0.29, 0.717) is 12.8 Å². The average molecular weight is 673 g/mol. The summed E-state index contributed by atoms with van der Waals surface area (Å²) in [6.07, 6.45) is 32.4. The number of nitrogens with two attached hydrogens (primary N) is 1. The number of hydrogen-bond donors (Lipinski definition) is 5. The van der Waals surface area contributed by atoms with Crippen molar-refractivity contribution in [2.24, 2.45) is 5.73 Å². The first kappa shape index (κ1) is 44.7. The van der Waals surface area contributed by atoms with E-state index >= 15 is 0 Å². The van der Waals surface area contributed by atoms with Crippen LogP contribution in [0.5, 0.6) is 0 Å². The van der Waals surface area contributed by atoms with E-state index in [9.17, 15) is 24.5 Å². The number of nitrogens with one attached hydrogen (secondary N) is 1. The van der Waals surface area contributed by atoms with Gasteiger partial charge in [-0.15, -0.1) is 0 Å². The van der Waals surface area contributed by atoms with Gasteiger partial charge in [0.15, 0.2) is 0 Å². The Kier molecular flexibility index (Phi) is 31.3. The van der Waals surface area contributed by atoms with Crippen LogP contribution in [-0.2, 0) is 18.4 Å². The minimum absolute atomic E-state index is 0.0423. The number of unbranched alkanes of at least 4 members (excludes halogenated alkanes) is 15. The molecule has 0 saturated heterocycles. The second-order valence-corrected chi connectivity index (χ2v) is 13.7. The molecule has 0 aliphatic heterocycles. The number of carbonyl (C=O) groups is 1. The van der Waals surface area contributed by atoms with Gasteiger partial charge in [-0.05, 0) is 44.9 Å². The Morgan fingerprint density at radius 3 is 1.80 bits per heavy atom. The second-order valence-electron chi connectivity index (χ2n) is 12.3. The highest BCUT2D eigenvalue weighted by molar-refractivity contribution is 7.47. The number of allylic oxidation sites excluding steroid dienone is 5. The Labute approximate surface area is 281 Å². The third-order valence-electron chi connectivity index (χ3n) is 7.75. The number of carbonyl (C=O) groups excluding carboxylic acids is 1. The molecule has 10 heteroatoms. The first-order chi connectivity index (χ1) is 22.3. The van der Waals surface area contributed by atoms with Gasteiger partial charge in [0.25, 0.3) is 0 Å². The van der Waals surface area contributed by atoms with Gasteiger partial charge >= 0.3 is 7.82 Å².